The topological polar surface area (TPSA) is 15.8 Å². The summed E-state index contributed by atoms with van der Waals surface area (Å²) < 4.78 is 0. The molecule has 0 saturated heterocycles. The summed E-state index contributed by atoms with van der Waals surface area (Å²) in [5.74, 6) is 0. The number of benzene rings is 1. The van der Waals surface area contributed by atoms with E-state index < -0.39 is 0 Å². The van der Waals surface area contributed by atoms with Gasteiger partial charge in [0.1, 0.15) is 0 Å². The van der Waals surface area contributed by atoms with E-state index in [9.17, 15) is 0 Å². The van der Waals surface area contributed by atoms with E-state index in [1.165, 1.54) is 30.2 Å². The van der Waals surface area contributed by atoms with Gasteiger partial charge < -0.3 is 4.98 Å². The molecule has 0 atom stereocenters. The van der Waals surface area contributed by atoms with Gasteiger partial charge in [-0.2, -0.15) is 0 Å². The lowest BCUT2D eigenvalue weighted by atomic mass is 10.1. The largest absolute Gasteiger partial charge is 0.361 e. The molecule has 3 rings (SSSR count). The first-order chi connectivity index (χ1) is 5.93. The minimum absolute atomic E-state index is 1.27. The molecular weight excluding hydrogens is 146 g/mol. The standard InChI is InChI=1S/C11H11N/c1-2-8-6-10-4-5-12-11(10)7-9(8)3-1/h4-7,12H,1-3H2. The molecule has 1 heteroatoms. The van der Waals surface area contributed by atoms with E-state index in [1.807, 2.05) is 6.20 Å². The molecule has 0 bridgehead atoms. The molecule has 12 heavy (non-hydrogen) atoms. The Bertz CT molecular complexity index is 387. The molecule has 0 spiro atoms. The number of H-pyrrole nitrogens is 1. The quantitative estimate of drug-likeness (QED) is 0.605. The summed E-state index contributed by atoms with van der Waals surface area (Å²) in [4.78, 5) is 3.25. The molecule has 0 unspecified atom stereocenters. The molecule has 1 aliphatic rings. The second-order valence-corrected chi connectivity index (χ2v) is 3.54. The van der Waals surface area contributed by atoms with E-state index >= 15 is 0 Å². The number of hydrogen-bond donors (Lipinski definition) is 1. The van der Waals surface area contributed by atoms with Gasteiger partial charge in [-0.3, -0.25) is 0 Å². The van der Waals surface area contributed by atoms with E-state index in [4.69, 9.17) is 0 Å². The number of nitrogens with one attached hydrogen (secondary N) is 1. The molecule has 0 amide bonds. The van der Waals surface area contributed by atoms with Gasteiger partial charge in [0.15, 0.2) is 0 Å². The van der Waals surface area contributed by atoms with Crippen LogP contribution < -0.4 is 0 Å². The predicted octanol–water partition coefficient (Wildman–Crippen LogP) is 2.66. The molecule has 1 nitrogen and oxygen atoms in total. The Hall–Kier alpha value is -1.24. The molecule has 0 saturated carbocycles. The van der Waals surface area contributed by atoms with Crippen molar-refractivity contribution < 1.29 is 0 Å². The number of aromatic nitrogens is 1. The number of hydrogen-bond acceptors (Lipinski definition) is 0. The van der Waals surface area contributed by atoms with E-state index in [0.717, 1.165) is 0 Å². The van der Waals surface area contributed by atoms with Gasteiger partial charge in [0.25, 0.3) is 0 Å². The van der Waals surface area contributed by atoms with Crippen molar-refractivity contribution in [3.8, 4) is 0 Å². The first kappa shape index (κ1) is 6.30. The third kappa shape index (κ3) is 0.737. The van der Waals surface area contributed by atoms with Crippen LogP contribution in [0.1, 0.15) is 17.5 Å². The van der Waals surface area contributed by atoms with Gasteiger partial charge in [0.2, 0.25) is 0 Å². The van der Waals surface area contributed by atoms with Crippen molar-refractivity contribution in [1.29, 1.82) is 0 Å². The zero-order valence-electron chi connectivity index (χ0n) is 6.93. The highest BCUT2D eigenvalue weighted by Gasteiger charge is 2.11. The lowest BCUT2D eigenvalue weighted by Gasteiger charge is -1.98. The van der Waals surface area contributed by atoms with Crippen molar-refractivity contribution in [3.05, 3.63) is 35.5 Å². The molecule has 2 aromatic rings. The van der Waals surface area contributed by atoms with Gasteiger partial charge in [0.05, 0.1) is 0 Å². The normalized spacial score (nSPS) is 15.3. The summed E-state index contributed by atoms with van der Waals surface area (Å²) in [6, 6.07) is 6.78. The van der Waals surface area contributed by atoms with Gasteiger partial charge >= 0.3 is 0 Å². The highest BCUT2D eigenvalue weighted by Crippen LogP contribution is 2.26. The Labute approximate surface area is 71.4 Å². The van der Waals surface area contributed by atoms with Crippen molar-refractivity contribution in [2.75, 3.05) is 0 Å². The Kier molecular flexibility index (Phi) is 1.12. The van der Waals surface area contributed by atoms with Crippen LogP contribution in [0, 0.1) is 0 Å². The Morgan fingerprint density at radius 1 is 1.08 bits per heavy atom. The Morgan fingerprint density at radius 3 is 2.83 bits per heavy atom. The summed E-state index contributed by atoms with van der Waals surface area (Å²) in [7, 11) is 0. The molecule has 1 heterocycles. The van der Waals surface area contributed by atoms with Gasteiger partial charge in [-0.1, -0.05) is 0 Å². The predicted molar refractivity (Wildman–Crippen MR) is 50.3 cm³/mol. The zero-order chi connectivity index (χ0) is 7.97. The van der Waals surface area contributed by atoms with E-state index in [1.54, 1.807) is 11.1 Å². The summed E-state index contributed by atoms with van der Waals surface area (Å²) in [5, 5.41) is 1.36. The highest BCUT2D eigenvalue weighted by atomic mass is 14.7. The van der Waals surface area contributed by atoms with Crippen molar-refractivity contribution >= 4 is 10.9 Å². The van der Waals surface area contributed by atoms with Crippen LogP contribution in [0.5, 0.6) is 0 Å². The van der Waals surface area contributed by atoms with Crippen LogP contribution in [0.15, 0.2) is 24.4 Å². The summed E-state index contributed by atoms with van der Waals surface area (Å²) >= 11 is 0. The van der Waals surface area contributed by atoms with E-state index in [-0.39, 0.29) is 0 Å². The molecule has 0 aliphatic heterocycles. The summed E-state index contributed by atoms with van der Waals surface area (Å²) in [6.07, 6.45) is 5.89. The van der Waals surface area contributed by atoms with E-state index in [0.29, 0.717) is 0 Å². The molecular formula is C11H11N. The third-order valence-electron chi connectivity index (χ3n) is 2.77. The van der Waals surface area contributed by atoms with Crippen LogP contribution in [0.4, 0.5) is 0 Å². The third-order valence-corrected chi connectivity index (χ3v) is 2.77. The van der Waals surface area contributed by atoms with Crippen molar-refractivity contribution in [2.45, 2.75) is 19.3 Å². The molecule has 1 aliphatic carbocycles. The minimum atomic E-state index is 1.27. The van der Waals surface area contributed by atoms with E-state index in [2.05, 4.69) is 23.2 Å². The fraction of sp³-hybridized carbons (Fsp3) is 0.273. The molecule has 1 aromatic heterocycles. The first-order valence-electron chi connectivity index (χ1n) is 4.52. The number of aromatic amines is 1. The monoisotopic (exact) mass is 157 g/mol. The smallest absolute Gasteiger partial charge is 0.0456 e. The van der Waals surface area contributed by atoms with Gasteiger partial charge in [-0.15, -0.1) is 0 Å². The lowest BCUT2D eigenvalue weighted by molar-refractivity contribution is 0.912. The molecule has 60 valence electrons. The van der Waals surface area contributed by atoms with Crippen LogP contribution in [0.3, 0.4) is 0 Å². The van der Waals surface area contributed by atoms with Crippen molar-refractivity contribution in [3.63, 3.8) is 0 Å². The lowest BCUT2D eigenvalue weighted by Crippen LogP contribution is -1.80. The van der Waals surface area contributed by atoms with Crippen LogP contribution in [0.2, 0.25) is 0 Å². The summed E-state index contributed by atoms with van der Waals surface area (Å²) in [6.45, 7) is 0. The molecule has 1 aromatic carbocycles. The highest BCUT2D eigenvalue weighted by molar-refractivity contribution is 5.81. The number of aryl methyl sites for hydroxylation is 2. The van der Waals surface area contributed by atoms with Crippen LogP contribution in [-0.4, -0.2) is 4.98 Å². The van der Waals surface area contributed by atoms with Gasteiger partial charge in [0, 0.05) is 11.7 Å². The van der Waals surface area contributed by atoms with Crippen LogP contribution in [-0.2, 0) is 12.8 Å². The minimum Gasteiger partial charge on any atom is -0.361 e. The molecule has 0 fully saturated rings. The maximum atomic E-state index is 3.25. The number of fused-ring (bicyclic) bond motifs is 2. The first-order valence-corrected chi connectivity index (χ1v) is 4.52. The SMILES string of the molecule is c1cc2cc3c(cc2[nH]1)CCC3. The second kappa shape index (κ2) is 2.13. The second-order valence-electron chi connectivity index (χ2n) is 3.54. The molecule has 0 radical (unpaired) electrons. The van der Waals surface area contributed by atoms with Crippen molar-refractivity contribution in [2.24, 2.45) is 0 Å². The molecule has 1 N–H and O–H groups in total. The maximum Gasteiger partial charge on any atom is 0.0456 e. The maximum absolute atomic E-state index is 3.25. The average molecular weight is 157 g/mol. The summed E-state index contributed by atoms with van der Waals surface area (Å²) in [5.41, 5.74) is 4.39. The van der Waals surface area contributed by atoms with Crippen LogP contribution in [0.25, 0.3) is 10.9 Å². The Morgan fingerprint density at radius 2 is 1.92 bits per heavy atom. The fourth-order valence-corrected chi connectivity index (χ4v) is 2.13. The van der Waals surface area contributed by atoms with Gasteiger partial charge in [-0.05, 0) is 54.0 Å². The van der Waals surface area contributed by atoms with Crippen molar-refractivity contribution in [1.82, 2.24) is 4.98 Å². The zero-order valence-corrected chi connectivity index (χ0v) is 6.93. The average Bonchev–Trinajstić information content (AvgIpc) is 2.64. The fourth-order valence-electron chi connectivity index (χ4n) is 2.13. The Balaban J connectivity index is 2.38. The van der Waals surface area contributed by atoms with Crippen LogP contribution >= 0.6 is 0 Å². The van der Waals surface area contributed by atoms with Gasteiger partial charge in [-0.25, -0.2) is 0 Å². The number of rotatable bonds is 0.